The highest BCUT2D eigenvalue weighted by Crippen LogP contribution is 2.43. The summed E-state index contributed by atoms with van der Waals surface area (Å²) in [6.07, 6.45) is 0.494. The molecule has 1 aromatic rings. The first-order valence-corrected chi connectivity index (χ1v) is 5.54. The number of ketones is 1. The van der Waals surface area contributed by atoms with Gasteiger partial charge < -0.3 is 0 Å². The Morgan fingerprint density at radius 3 is 2.50 bits per heavy atom. The van der Waals surface area contributed by atoms with Gasteiger partial charge >= 0.3 is 0 Å². The SMILES string of the molecule is N#Cc1ccc(Br)c(C2(C#N)CC(=O)C2)c1. The van der Waals surface area contributed by atoms with Crippen molar-refractivity contribution in [2.45, 2.75) is 18.3 Å². The van der Waals surface area contributed by atoms with E-state index in [9.17, 15) is 10.1 Å². The standard InChI is InChI=1S/C12H7BrN2O/c13-11-2-1-8(6-14)3-10(11)12(7-15)4-9(16)5-12/h1-3H,4-5H2. The molecule has 0 bridgehead atoms. The number of rotatable bonds is 1. The molecule has 1 aliphatic carbocycles. The molecule has 0 unspecified atom stereocenters. The molecule has 0 heterocycles. The van der Waals surface area contributed by atoms with Crippen LogP contribution < -0.4 is 0 Å². The zero-order chi connectivity index (χ0) is 11.8. The van der Waals surface area contributed by atoms with E-state index in [2.05, 4.69) is 22.0 Å². The van der Waals surface area contributed by atoms with Crippen LogP contribution in [0.5, 0.6) is 0 Å². The third-order valence-electron chi connectivity index (χ3n) is 2.82. The third-order valence-corrected chi connectivity index (χ3v) is 3.51. The lowest BCUT2D eigenvalue weighted by Gasteiger charge is -2.34. The van der Waals surface area contributed by atoms with Crippen LogP contribution in [-0.4, -0.2) is 5.78 Å². The maximum absolute atomic E-state index is 11.1. The van der Waals surface area contributed by atoms with Crippen LogP contribution in [0.25, 0.3) is 0 Å². The van der Waals surface area contributed by atoms with Crippen molar-refractivity contribution in [1.82, 2.24) is 0 Å². The topological polar surface area (TPSA) is 64.7 Å². The molecule has 4 heteroatoms. The van der Waals surface area contributed by atoms with E-state index in [1.54, 1.807) is 18.2 Å². The van der Waals surface area contributed by atoms with Crippen molar-refractivity contribution in [3.63, 3.8) is 0 Å². The second kappa shape index (κ2) is 3.73. The average molecular weight is 275 g/mol. The van der Waals surface area contributed by atoms with E-state index < -0.39 is 5.41 Å². The first kappa shape index (κ1) is 10.9. The monoisotopic (exact) mass is 274 g/mol. The maximum Gasteiger partial charge on any atom is 0.136 e. The van der Waals surface area contributed by atoms with Crippen LogP contribution in [0.15, 0.2) is 22.7 Å². The zero-order valence-electron chi connectivity index (χ0n) is 8.33. The Morgan fingerprint density at radius 2 is 2.00 bits per heavy atom. The molecule has 1 aromatic carbocycles. The summed E-state index contributed by atoms with van der Waals surface area (Å²) in [5.74, 6) is 0.0933. The molecule has 0 atom stereocenters. The van der Waals surface area contributed by atoms with Gasteiger partial charge in [0.05, 0.1) is 23.1 Å². The fraction of sp³-hybridized carbons (Fsp3) is 0.250. The van der Waals surface area contributed by atoms with Crippen LogP contribution in [-0.2, 0) is 10.2 Å². The van der Waals surface area contributed by atoms with Gasteiger partial charge in [0.25, 0.3) is 0 Å². The van der Waals surface area contributed by atoms with Gasteiger partial charge in [0.2, 0.25) is 0 Å². The van der Waals surface area contributed by atoms with Crippen LogP contribution in [0, 0.1) is 22.7 Å². The highest BCUT2D eigenvalue weighted by Gasteiger charge is 2.46. The molecule has 1 fully saturated rings. The van der Waals surface area contributed by atoms with Gasteiger partial charge in [0, 0.05) is 17.3 Å². The number of hydrogen-bond acceptors (Lipinski definition) is 3. The Balaban J connectivity index is 2.52. The number of halogens is 1. The minimum absolute atomic E-state index is 0.0933. The smallest absolute Gasteiger partial charge is 0.136 e. The van der Waals surface area contributed by atoms with Crippen molar-refractivity contribution in [2.75, 3.05) is 0 Å². The fourth-order valence-corrected chi connectivity index (χ4v) is 2.54. The second-order valence-electron chi connectivity index (χ2n) is 3.89. The Kier molecular flexibility index (Phi) is 2.53. The van der Waals surface area contributed by atoms with E-state index in [1.165, 1.54) is 0 Å². The first-order valence-electron chi connectivity index (χ1n) is 4.74. The maximum atomic E-state index is 11.1. The molecule has 78 valence electrons. The van der Waals surface area contributed by atoms with Crippen LogP contribution in [0.3, 0.4) is 0 Å². The van der Waals surface area contributed by atoms with Gasteiger partial charge in [-0.05, 0) is 23.8 Å². The van der Waals surface area contributed by atoms with E-state index in [0.29, 0.717) is 5.56 Å². The quantitative estimate of drug-likeness (QED) is 0.790. The number of benzene rings is 1. The molecule has 3 nitrogen and oxygen atoms in total. The number of nitriles is 2. The Hall–Kier alpha value is -1.65. The Bertz CT molecular complexity index is 543. The zero-order valence-corrected chi connectivity index (χ0v) is 9.91. The van der Waals surface area contributed by atoms with Crippen molar-refractivity contribution >= 4 is 21.7 Å². The molecule has 0 saturated heterocycles. The Morgan fingerprint density at radius 1 is 1.31 bits per heavy atom. The van der Waals surface area contributed by atoms with E-state index >= 15 is 0 Å². The lowest BCUT2D eigenvalue weighted by atomic mass is 9.64. The van der Waals surface area contributed by atoms with Gasteiger partial charge in [-0.1, -0.05) is 15.9 Å². The molecule has 0 amide bonds. The van der Waals surface area contributed by atoms with Crippen molar-refractivity contribution in [3.8, 4) is 12.1 Å². The Labute approximate surface area is 101 Å². The largest absolute Gasteiger partial charge is 0.300 e. The van der Waals surface area contributed by atoms with Crippen molar-refractivity contribution in [3.05, 3.63) is 33.8 Å². The summed E-state index contributed by atoms with van der Waals surface area (Å²) in [5.41, 5.74) is 0.517. The summed E-state index contributed by atoms with van der Waals surface area (Å²) in [4.78, 5) is 11.1. The normalized spacial score (nSPS) is 17.1. The summed E-state index contributed by atoms with van der Waals surface area (Å²) in [7, 11) is 0. The average Bonchev–Trinajstić information content (AvgIpc) is 2.25. The van der Waals surface area contributed by atoms with Gasteiger partial charge in [-0.3, -0.25) is 4.79 Å². The van der Waals surface area contributed by atoms with Crippen molar-refractivity contribution < 1.29 is 4.79 Å². The van der Waals surface area contributed by atoms with E-state index in [0.717, 1.165) is 10.0 Å². The first-order chi connectivity index (χ1) is 7.61. The second-order valence-corrected chi connectivity index (χ2v) is 4.75. The lowest BCUT2D eigenvalue weighted by Crippen LogP contribution is -2.40. The number of nitrogens with zero attached hydrogens (tertiary/aromatic N) is 2. The van der Waals surface area contributed by atoms with Gasteiger partial charge in [-0.25, -0.2) is 0 Å². The highest BCUT2D eigenvalue weighted by atomic mass is 79.9. The van der Waals surface area contributed by atoms with Gasteiger partial charge in [-0.15, -0.1) is 0 Å². The summed E-state index contributed by atoms with van der Waals surface area (Å²) in [5, 5.41) is 18.0. The van der Waals surface area contributed by atoms with Crippen molar-refractivity contribution in [1.29, 1.82) is 10.5 Å². The molecule has 1 saturated carbocycles. The van der Waals surface area contributed by atoms with E-state index in [4.69, 9.17) is 5.26 Å². The van der Waals surface area contributed by atoms with Crippen LogP contribution >= 0.6 is 15.9 Å². The molecular formula is C12H7BrN2O. The van der Waals surface area contributed by atoms with Crippen LogP contribution in [0.1, 0.15) is 24.0 Å². The molecule has 0 radical (unpaired) electrons. The number of carbonyl (C=O) groups excluding carboxylic acids is 1. The van der Waals surface area contributed by atoms with Gasteiger partial charge in [0.1, 0.15) is 5.78 Å². The minimum Gasteiger partial charge on any atom is -0.300 e. The predicted molar refractivity (Wildman–Crippen MR) is 60.4 cm³/mol. The van der Waals surface area contributed by atoms with Crippen LogP contribution in [0.4, 0.5) is 0 Å². The molecule has 16 heavy (non-hydrogen) atoms. The lowest BCUT2D eigenvalue weighted by molar-refractivity contribution is -0.126. The van der Waals surface area contributed by atoms with Gasteiger partial charge in [-0.2, -0.15) is 10.5 Å². The molecule has 2 rings (SSSR count). The molecular weight excluding hydrogens is 268 g/mol. The third kappa shape index (κ3) is 1.52. The summed E-state index contributed by atoms with van der Waals surface area (Å²) in [6.45, 7) is 0. The molecule has 0 aliphatic heterocycles. The molecule has 0 N–H and O–H groups in total. The van der Waals surface area contributed by atoms with E-state index in [-0.39, 0.29) is 18.6 Å². The number of Topliss-reactive ketones (excluding diaryl/α,β-unsaturated/α-hetero) is 1. The summed E-state index contributed by atoms with van der Waals surface area (Å²) < 4.78 is 0.778. The van der Waals surface area contributed by atoms with E-state index in [1.807, 2.05) is 6.07 Å². The van der Waals surface area contributed by atoms with Crippen LogP contribution in [0.2, 0.25) is 0 Å². The molecule has 1 aliphatic rings. The molecule has 0 aromatic heterocycles. The highest BCUT2D eigenvalue weighted by molar-refractivity contribution is 9.10. The summed E-state index contributed by atoms with van der Waals surface area (Å²) >= 11 is 3.36. The summed E-state index contributed by atoms with van der Waals surface area (Å²) in [6, 6.07) is 9.33. The minimum atomic E-state index is -0.733. The van der Waals surface area contributed by atoms with Gasteiger partial charge in [0.15, 0.2) is 0 Å². The predicted octanol–water partition coefficient (Wildman–Crippen LogP) is 2.45. The number of carbonyl (C=O) groups is 1. The number of hydrogen-bond donors (Lipinski definition) is 0. The van der Waals surface area contributed by atoms with Crippen molar-refractivity contribution in [2.24, 2.45) is 0 Å². The fourth-order valence-electron chi connectivity index (χ4n) is 1.91. The molecule has 0 spiro atoms.